The first-order chi connectivity index (χ1) is 23.9. The molecule has 51 heavy (non-hydrogen) atoms. The van der Waals surface area contributed by atoms with E-state index in [1.807, 2.05) is 0 Å². The van der Waals surface area contributed by atoms with Crippen LogP contribution in [0.3, 0.4) is 0 Å². The van der Waals surface area contributed by atoms with Gasteiger partial charge >= 0.3 is 18.3 Å². The van der Waals surface area contributed by atoms with Crippen molar-refractivity contribution in [3.8, 4) is 11.3 Å². The summed E-state index contributed by atoms with van der Waals surface area (Å²) < 4.78 is 70.1. The minimum Gasteiger partial charge on any atom is -0.465 e. The molecular weight excluding hydrogens is 713 g/mol. The molecule has 2 aromatic heterocycles. The summed E-state index contributed by atoms with van der Waals surface area (Å²) in [5, 5.41) is 30.6. The number of urea groups is 1. The topological polar surface area (TPSA) is 187 Å². The normalized spacial score (nSPS) is 26.1. The number of amides is 5. The van der Waals surface area contributed by atoms with Crippen molar-refractivity contribution in [3.63, 3.8) is 0 Å². The van der Waals surface area contributed by atoms with E-state index in [0.717, 1.165) is 21.9 Å². The fourth-order valence-corrected chi connectivity index (χ4v) is 7.01. The first-order valence-corrected chi connectivity index (χ1v) is 16.0. The number of nitrogens with zero attached hydrogens (tertiary/aromatic N) is 6. The van der Waals surface area contributed by atoms with Gasteiger partial charge in [0.2, 0.25) is 0 Å². The molecule has 272 valence electrons. The van der Waals surface area contributed by atoms with Crippen LogP contribution in [-0.2, 0) is 13.2 Å². The first-order valence-electron chi connectivity index (χ1n) is 15.6. The van der Waals surface area contributed by atoms with Gasteiger partial charge < -0.3 is 40.5 Å². The summed E-state index contributed by atoms with van der Waals surface area (Å²) in [6.45, 7) is 0.564. The van der Waals surface area contributed by atoms with Gasteiger partial charge in [0.25, 0.3) is 17.7 Å². The van der Waals surface area contributed by atoms with Gasteiger partial charge in [0, 0.05) is 62.9 Å². The zero-order chi connectivity index (χ0) is 36.7. The Morgan fingerprint density at radius 2 is 1.71 bits per heavy atom. The number of hydrogen-bond donors (Lipinski definition) is 5. The molecule has 2 aliphatic carbocycles. The molecular formula is C30H29ClF5N9O6. The van der Waals surface area contributed by atoms with Crippen LogP contribution in [-0.4, -0.2) is 114 Å². The van der Waals surface area contributed by atoms with E-state index in [9.17, 15) is 46.2 Å². The lowest BCUT2D eigenvalue weighted by Gasteiger charge is -2.24. The van der Waals surface area contributed by atoms with Crippen LogP contribution in [0.4, 0.5) is 37.2 Å². The number of rotatable bonds is 7. The van der Waals surface area contributed by atoms with Gasteiger partial charge in [-0.25, -0.2) is 23.4 Å². The Morgan fingerprint density at radius 3 is 2.29 bits per heavy atom. The smallest absolute Gasteiger partial charge is 0.435 e. The van der Waals surface area contributed by atoms with Crippen molar-refractivity contribution in [2.24, 2.45) is 18.9 Å². The lowest BCUT2D eigenvalue weighted by atomic mass is 10.2. The van der Waals surface area contributed by atoms with Gasteiger partial charge in [-0.3, -0.25) is 14.3 Å². The summed E-state index contributed by atoms with van der Waals surface area (Å²) in [7, 11) is 1.29. The van der Waals surface area contributed by atoms with Gasteiger partial charge in [-0.2, -0.15) is 18.3 Å². The van der Waals surface area contributed by atoms with E-state index in [4.69, 9.17) is 16.7 Å². The highest BCUT2D eigenvalue weighted by Gasteiger charge is 2.60. The van der Waals surface area contributed by atoms with E-state index in [2.05, 4.69) is 26.0 Å². The van der Waals surface area contributed by atoms with Gasteiger partial charge in [-0.05, 0) is 18.2 Å². The van der Waals surface area contributed by atoms with Crippen molar-refractivity contribution in [2.45, 2.75) is 42.7 Å². The van der Waals surface area contributed by atoms with E-state index in [1.165, 1.54) is 25.2 Å². The van der Waals surface area contributed by atoms with Crippen LogP contribution in [0.25, 0.3) is 11.3 Å². The molecule has 0 bridgehead atoms. The number of anilines is 1. The van der Waals surface area contributed by atoms with Crippen LogP contribution >= 0.6 is 11.6 Å². The molecule has 5 N–H and O–H groups in total. The molecule has 4 aliphatic rings. The summed E-state index contributed by atoms with van der Waals surface area (Å²) in [6.07, 6.45) is -5.95. The Balaban J connectivity index is 0.944. The lowest BCUT2D eigenvalue weighted by molar-refractivity contribution is -0.141. The minimum atomic E-state index is -4.97. The highest BCUT2D eigenvalue weighted by Crippen LogP contribution is 2.53. The van der Waals surface area contributed by atoms with Crippen LogP contribution in [0, 0.1) is 11.8 Å². The van der Waals surface area contributed by atoms with Crippen LogP contribution < -0.4 is 16.0 Å². The molecule has 4 heterocycles. The standard InChI is InChI=1S/C30H29ClF5N9O6/c1-42-19(16-9-45(21-5-29(21,32)33)41-23(16)30(34,35)36)6-37-24(42)26(48)38-12-2-3-13(17(31)4-12)25(47)40-22-14-7-43(8-15(14)22)27(49)39-18-10-44(28(50)51)11-20(18)46/h2-4,6,9,14-15,18,20-22,46H,5,7-8,10-11H2,1H3,(H,38,48)(H,39,49)(H,40,47)(H,50,51)/t14-,15+,18-,20-,21+,22?/m1/s1. The third-order valence-electron chi connectivity index (χ3n) is 9.70. The van der Waals surface area contributed by atoms with Gasteiger partial charge in [0.15, 0.2) is 11.5 Å². The van der Waals surface area contributed by atoms with Crippen molar-refractivity contribution in [2.75, 3.05) is 31.5 Å². The van der Waals surface area contributed by atoms with E-state index in [1.54, 1.807) is 4.90 Å². The molecule has 4 fully saturated rings. The highest BCUT2D eigenvalue weighted by atomic mass is 35.5. The average Bonchev–Trinajstić information content (AvgIpc) is 3.50. The van der Waals surface area contributed by atoms with E-state index in [0.29, 0.717) is 17.8 Å². The second-order valence-electron chi connectivity index (χ2n) is 13.1. The van der Waals surface area contributed by atoms with Gasteiger partial charge in [0.1, 0.15) is 6.04 Å². The minimum absolute atomic E-state index is 0.0118. The molecule has 0 spiro atoms. The highest BCUT2D eigenvalue weighted by molar-refractivity contribution is 6.34. The zero-order valence-electron chi connectivity index (χ0n) is 26.4. The fraction of sp³-hybridized carbons (Fsp3) is 0.467. The number of nitrogens with one attached hydrogen (secondary N) is 3. The largest absolute Gasteiger partial charge is 0.465 e. The van der Waals surface area contributed by atoms with Crippen molar-refractivity contribution in [3.05, 3.63) is 52.7 Å². The molecule has 2 saturated heterocycles. The van der Waals surface area contributed by atoms with Gasteiger partial charge in [-0.1, -0.05) is 11.6 Å². The second kappa shape index (κ2) is 12.1. The van der Waals surface area contributed by atoms with Crippen molar-refractivity contribution in [1.82, 2.24) is 39.8 Å². The quantitative estimate of drug-likeness (QED) is 0.229. The third-order valence-corrected chi connectivity index (χ3v) is 10.0. The van der Waals surface area contributed by atoms with Gasteiger partial charge in [-0.15, -0.1) is 0 Å². The molecule has 2 aliphatic heterocycles. The van der Waals surface area contributed by atoms with Crippen LogP contribution in [0.2, 0.25) is 5.02 Å². The molecule has 15 nitrogen and oxygen atoms in total. The van der Waals surface area contributed by atoms with Crippen molar-refractivity contribution >= 4 is 41.2 Å². The molecule has 21 heteroatoms. The second-order valence-corrected chi connectivity index (χ2v) is 13.5. The summed E-state index contributed by atoms with van der Waals surface area (Å²) in [5.41, 5.74) is -1.85. The van der Waals surface area contributed by atoms with Crippen LogP contribution in [0.1, 0.15) is 39.1 Å². The molecule has 2 saturated carbocycles. The monoisotopic (exact) mass is 741 g/mol. The number of alkyl halides is 5. The molecule has 5 amide bonds. The van der Waals surface area contributed by atoms with Crippen LogP contribution in [0.5, 0.6) is 0 Å². The average molecular weight is 742 g/mol. The third kappa shape index (κ3) is 6.41. The fourth-order valence-electron chi connectivity index (χ4n) is 6.74. The summed E-state index contributed by atoms with van der Waals surface area (Å²) in [6, 6.07) is 1.19. The Labute approximate surface area is 289 Å². The number of aliphatic hydroxyl groups excluding tert-OH is 1. The molecule has 1 unspecified atom stereocenters. The Morgan fingerprint density at radius 1 is 1.02 bits per heavy atom. The maximum Gasteiger partial charge on any atom is 0.435 e. The molecule has 7 rings (SSSR count). The van der Waals surface area contributed by atoms with Crippen LogP contribution in [0.15, 0.2) is 30.6 Å². The number of benzene rings is 1. The number of imidazole rings is 1. The number of β-amino-alcohol motifs (C(OH)–C–C–N with tert-alkyl or cyclic N) is 1. The number of halogens is 6. The number of piperidine rings is 1. The lowest BCUT2D eigenvalue weighted by Crippen LogP contribution is -2.50. The number of fused-ring (bicyclic) bond motifs is 1. The van der Waals surface area contributed by atoms with Crippen molar-refractivity contribution in [1.29, 1.82) is 0 Å². The number of aliphatic hydroxyl groups is 1. The molecule has 0 radical (unpaired) electrons. The Kier molecular flexibility index (Phi) is 8.16. The van der Waals surface area contributed by atoms with Crippen molar-refractivity contribution < 1.29 is 51.3 Å². The van der Waals surface area contributed by atoms with E-state index >= 15 is 0 Å². The van der Waals surface area contributed by atoms with E-state index in [-0.39, 0.29) is 58.8 Å². The number of carboxylic acid groups (broad SMARTS) is 1. The number of aromatic nitrogens is 4. The Hall–Kier alpha value is -4.98. The predicted octanol–water partition coefficient (Wildman–Crippen LogP) is 2.88. The predicted molar refractivity (Wildman–Crippen MR) is 165 cm³/mol. The number of likely N-dealkylation sites (tertiary alicyclic amines) is 2. The number of carbonyl (C=O) groups is 4. The Bertz CT molecular complexity index is 1940. The first kappa shape index (κ1) is 34.5. The summed E-state index contributed by atoms with van der Waals surface area (Å²) in [4.78, 5) is 56.4. The summed E-state index contributed by atoms with van der Waals surface area (Å²) >= 11 is 6.37. The SMILES string of the molecule is Cn1c(-c2cn([C@H]3CC3(F)F)nc2C(F)(F)F)cnc1C(=O)Nc1ccc(C(=O)NC2[C@H]3CN(C(=O)N[C@@H]4CN(C(=O)O)C[C@H]4O)C[C@@H]23)c(Cl)c1. The maximum atomic E-state index is 13.8. The van der Waals surface area contributed by atoms with Gasteiger partial charge in [0.05, 0.1) is 46.7 Å². The summed E-state index contributed by atoms with van der Waals surface area (Å²) in [5.74, 6) is -4.81. The molecule has 6 atom stereocenters. The zero-order valence-corrected chi connectivity index (χ0v) is 27.1. The number of carbonyl (C=O) groups excluding carboxylic acids is 3. The maximum absolute atomic E-state index is 13.8. The number of hydrogen-bond acceptors (Lipinski definition) is 7. The molecule has 3 aromatic rings. The molecule has 1 aromatic carbocycles. The van der Waals surface area contributed by atoms with E-state index < -0.39 is 71.9 Å².